The number of rotatable bonds is 8. The Kier molecular flexibility index (Phi) is 6.28. The molecule has 0 radical (unpaired) electrons. The largest absolute Gasteiger partial charge is 0.507 e. The third-order valence-corrected chi connectivity index (χ3v) is 4.71. The van der Waals surface area contributed by atoms with Gasteiger partial charge in [0.15, 0.2) is 0 Å². The van der Waals surface area contributed by atoms with Gasteiger partial charge in [0.25, 0.3) is 0 Å². The maximum Gasteiger partial charge on any atom is 0.121 e. The predicted molar refractivity (Wildman–Crippen MR) is 105 cm³/mol. The van der Waals surface area contributed by atoms with Crippen molar-refractivity contribution >= 4 is 0 Å². The van der Waals surface area contributed by atoms with Crippen LogP contribution in [0.15, 0.2) is 78.9 Å². The molecule has 1 heteroatoms. The van der Waals surface area contributed by atoms with E-state index in [1.54, 1.807) is 0 Å². The lowest BCUT2D eigenvalue weighted by atomic mass is 9.98. The standard InChI is InChI=1S/C24H26O/c25-24-22(16-7-14-20-10-3-1-4-11-20)18-9-19-23(24)17-8-15-21-12-5-2-6-13-21/h1-6,9-13,18-19,25H,7-8,14-17H2. The lowest BCUT2D eigenvalue weighted by Gasteiger charge is -2.10. The van der Waals surface area contributed by atoms with Crippen molar-refractivity contribution in [2.45, 2.75) is 38.5 Å². The van der Waals surface area contributed by atoms with Gasteiger partial charge in [-0.1, -0.05) is 78.9 Å². The van der Waals surface area contributed by atoms with E-state index in [4.69, 9.17) is 0 Å². The summed E-state index contributed by atoms with van der Waals surface area (Å²) in [4.78, 5) is 0. The highest BCUT2D eigenvalue weighted by atomic mass is 16.3. The Morgan fingerprint density at radius 2 is 0.920 bits per heavy atom. The lowest BCUT2D eigenvalue weighted by Crippen LogP contribution is -1.95. The zero-order chi connectivity index (χ0) is 17.3. The van der Waals surface area contributed by atoms with Crippen molar-refractivity contribution in [3.8, 4) is 5.75 Å². The molecule has 1 N–H and O–H groups in total. The van der Waals surface area contributed by atoms with Crippen LogP contribution in [-0.2, 0) is 25.7 Å². The number of benzene rings is 3. The summed E-state index contributed by atoms with van der Waals surface area (Å²) in [6.07, 6.45) is 6.08. The van der Waals surface area contributed by atoms with Gasteiger partial charge in [0, 0.05) is 0 Å². The fraction of sp³-hybridized carbons (Fsp3) is 0.250. The van der Waals surface area contributed by atoms with Crippen molar-refractivity contribution < 1.29 is 5.11 Å². The molecule has 0 saturated heterocycles. The number of phenols is 1. The van der Waals surface area contributed by atoms with Crippen molar-refractivity contribution in [3.05, 3.63) is 101 Å². The molecule has 0 spiro atoms. The van der Waals surface area contributed by atoms with Gasteiger partial charge in [0.05, 0.1) is 0 Å². The van der Waals surface area contributed by atoms with Crippen LogP contribution in [0.5, 0.6) is 5.75 Å². The van der Waals surface area contributed by atoms with Gasteiger partial charge in [0.2, 0.25) is 0 Å². The SMILES string of the molecule is Oc1c(CCCc2ccccc2)cccc1CCCc1ccccc1. The first-order valence-corrected chi connectivity index (χ1v) is 9.20. The molecule has 0 amide bonds. The quantitative estimate of drug-likeness (QED) is 0.558. The van der Waals surface area contributed by atoms with E-state index in [9.17, 15) is 5.11 Å². The number of aromatic hydroxyl groups is 1. The van der Waals surface area contributed by atoms with Gasteiger partial charge >= 0.3 is 0 Å². The van der Waals surface area contributed by atoms with Crippen molar-refractivity contribution in [1.82, 2.24) is 0 Å². The van der Waals surface area contributed by atoms with E-state index >= 15 is 0 Å². The van der Waals surface area contributed by atoms with Crippen LogP contribution in [0.1, 0.15) is 35.1 Å². The summed E-state index contributed by atoms with van der Waals surface area (Å²) >= 11 is 0. The molecule has 0 atom stereocenters. The molecule has 0 fully saturated rings. The summed E-state index contributed by atoms with van der Waals surface area (Å²) in [5, 5.41) is 10.6. The van der Waals surface area contributed by atoms with E-state index in [1.165, 1.54) is 11.1 Å². The van der Waals surface area contributed by atoms with Crippen LogP contribution in [0.3, 0.4) is 0 Å². The van der Waals surface area contributed by atoms with Gasteiger partial charge in [0.1, 0.15) is 5.75 Å². The van der Waals surface area contributed by atoms with Gasteiger partial charge in [-0.05, 0) is 60.8 Å². The Hall–Kier alpha value is -2.54. The molecule has 0 unspecified atom stereocenters. The van der Waals surface area contributed by atoms with Gasteiger partial charge in [-0.3, -0.25) is 0 Å². The average molecular weight is 330 g/mol. The van der Waals surface area contributed by atoms with Crippen LogP contribution in [0.4, 0.5) is 0 Å². The Morgan fingerprint density at radius 1 is 0.480 bits per heavy atom. The predicted octanol–water partition coefficient (Wildman–Crippen LogP) is 5.74. The summed E-state index contributed by atoms with van der Waals surface area (Å²) in [7, 11) is 0. The van der Waals surface area contributed by atoms with E-state index < -0.39 is 0 Å². The Balaban J connectivity index is 1.52. The van der Waals surface area contributed by atoms with Crippen molar-refractivity contribution in [3.63, 3.8) is 0 Å². The normalized spacial score (nSPS) is 10.7. The molecule has 0 aliphatic carbocycles. The average Bonchev–Trinajstić information content (AvgIpc) is 2.66. The number of phenolic OH excluding ortho intramolecular Hbond substituents is 1. The first-order valence-electron chi connectivity index (χ1n) is 9.20. The Labute approximate surface area is 151 Å². The maximum atomic E-state index is 10.6. The summed E-state index contributed by atoms with van der Waals surface area (Å²) in [5.41, 5.74) is 4.88. The molecule has 0 saturated carbocycles. The summed E-state index contributed by atoms with van der Waals surface area (Å²) < 4.78 is 0. The van der Waals surface area contributed by atoms with Crippen LogP contribution in [0, 0.1) is 0 Å². The summed E-state index contributed by atoms with van der Waals surface area (Å²) in [6.45, 7) is 0. The van der Waals surface area contributed by atoms with E-state index in [1.807, 2.05) is 12.1 Å². The van der Waals surface area contributed by atoms with E-state index in [-0.39, 0.29) is 0 Å². The number of aryl methyl sites for hydroxylation is 4. The zero-order valence-corrected chi connectivity index (χ0v) is 14.7. The van der Waals surface area contributed by atoms with Crippen LogP contribution in [0.25, 0.3) is 0 Å². The van der Waals surface area contributed by atoms with Gasteiger partial charge in [-0.2, -0.15) is 0 Å². The molecular formula is C24H26O. The molecule has 0 bridgehead atoms. The monoisotopic (exact) mass is 330 g/mol. The van der Waals surface area contributed by atoms with Crippen molar-refractivity contribution in [2.24, 2.45) is 0 Å². The highest BCUT2D eigenvalue weighted by Gasteiger charge is 2.07. The van der Waals surface area contributed by atoms with Gasteiger partial charge in [-0.15, -0.1) is 0 Å². The summed E-state index contributed by atoms with van der Waals surface area (Å²) in [6, 6.07) is 27.3. The second kappa shape index (κ2) is 9.08. The molecule has 0 heterocycles. The van der Waals surface area contributed by atoms with Crippen LogP contribution >= 0.6 is 0 Å². The minimum absolute atomic E-state index is 0.503. The maximum absolute atomic E-state index is 10.6. The molecule has 0 aliphatic heterocycles. The molecule has 3 rings (SSSR count). The third-order valence-electron chi connectivity index (χ3n) is 4.71. The summed E-state index contributed by atoms with van der Waals surface area (Å²) in [5.74, 6) is 0.503. The highest BCUT2D eigenvalue weighted by Crippen LogP contribution is 2.25. The lowest BCUT2D eigenvalue weighted by molar-refractivity contribution is 0.459. The minimum atomic E-state index is 0.503. The minimum Gasteiger partial charge on any atom is -0.507 e. The fourth-order valence-corrected chi connectivity index (χ4v) is 3.30. The van der Waals surface area contributed by atoms with Crippen LogP contribution in [0.2, 0.25) is 0 Å². The number of hydrogen-bond donors (Lipinski definition) is 1. The molecule has 3 aromatic rings. The third kappa shape index (κ3) is 5.22. The van der Waals surface area contributed by atoms with E-state index in [0.717, 1.165) is 49.7 Å². The fourth-order valence-electron chi connectivity index (χ4n) is 3.30. The molecule has 0 aliphatic rings. The smallest absolute Gasteiger partial charge is 0.121 e. The first kappa shape index (κ1) is 17.3. The molecule has 1 nitrogen and oxygen atoms in total. The topological polar surface area (TPSA) is 20.2 Å². The molecule has 128 valence electrons. The van der Waals surface area contributed by atoms with E-state index in [2.05, 4.69) is 66.7 Å². The van der Waals surface area contributed by atoms with Crippen molar-refractivity contribution in [2.75, 3.05) is 0 Å². The first-order chi connectivity index (χ1) is 12.3. The second-order valence-electron chi connectivity index (χ2n) is 6.60. The highest BCUT2D eigenvalue weighted by molar-refractivity contribution is 5.40. The molecular weight excluding hydrogens is 304 g/mol. The second-order valence-corrected chi connectivity index (χ2v) is 6.60. The molecule has 25 heavy (non-hydrogen) atoms. The van der Waals surface area contributed by atoms with Gasteiger partial charge in [-0.25, -0.2) is 0 Å². The van der Waals surface area contributed by atoms with Gasteiger partial charge < -0.3 is 5.11 Å². The van der Waals surface area contributed by atoms with Crippen LogP contribution < -0.4 is 0 Å². The van der Waals surface area contributed by atoms with Crippen LogP contribution in [-0.4, -0.2) is 5.11 Å². The molecule has 3 aromatic carbocycles. The molecule has 0 aromatic heterocycles. The van der Waals surface area contributed by atoms with E-state index in [0.29, 0.717) is 5.75 Å². The number of para-hydroxylation sites is 1. The zero-order valence-electron chi connectivity index (χ0n) is 14.7. The Bertz CT molecular complexity index is 699. The Morgan fingerprint density at radius 3 is 1.36 bits per heavy atom. The van der Waals surface area contributed by atoms with Crippen molar-refractivity contribution in [1.29, 1.82) is 0 Å². The number of hydrogen-bond acceptors (Lipinski definition) is 1.